The fourth-order valence-electron chi connectivity index (χ4n) is 3.00. The molecule has 1 amide bonds. The van der Waals surface area contributed by atoms with Crippen LogP contribution in [0.2, 0.25) is 0 Å². The van der Waals surface area contributed by atoms with Crippen LogP contribution in [0.25, 0.3) is 11.0 Å². The summed E-state index contributed by atoms with van der Waals surface area (Å²) in [4.78, 5) is 37.7. The summed E-state index contributed by atoms with van der Waals surface area (Å²) in [5.74, 6) is -0.281. The quantitative estimate of drug-likeness (QED) is 0.228. The molecule has 0 spiro atoms. The summed E-state index contributed by atoms with van der Waals surface area (Å²) >= 11 is 0.730. The number of anilines is 1. The van der Waals surface area contributed by atoms with Crippen LogP contribution in [-0.2, 0) is 14.6 Å². The van der Waals surface area contributed by atoms with E-state index in [0.717, 1.165) is 52.7 Å². The van der Waals surface area contributed by atoms with Crippen LogP contribution in [-0.4, -0.2) is 30.8 Å². The number of nitro groups is 1. The molecule has 0 fully saturated rings. The second-order valence-corrected chi connectivity index (χ2v) is 10.2. The molecule has 0 saturated heterocycles. The SMILES string of the molecule is Cc1cc(=O)oc2cc(OCC(=O)Nc3ncc(S(=O)(=O)c4ccc([N+](=O)[O-])cc4)s3)ccc12. The Bertz CT molecular complexity index is 1570. The van der Waals surface area contributed by atoms with Crippen LogP contribution in [0.1, 0.15) is 5.56 Å². The molecule has 174 valence electrons. The Morgan fingerprint density at radius 2 is 1.94 bits per heavy atom. The third kappa shape index (κ3) is 4.79. The van der Waals surface area contributed by atoms with E-state index in [4.69, 9.17) is 9.15 Å². The first-order valence-electron chi connectivity index (χ1n) is 9.56. The van der Waals surface area contributed by atoms with Crippen molar-refractivity contribution >= 4 is 48.9 Å². The number of non-ortho nitro benzene ring substituents is 1. The van der Waals surface area contributed by atoms with Gasteiger partial charge >= 0.3 is 5.63 Å². The number of sulfone groups is 1. The molecule has 0 unspecified atom stereocenters. The van der Waals surface area contributed by atoms with Gasteiger partial charge in [0.2, 0.25) is 9.84 Å². The van der Waals surface area contributed by atoms with E-state index in [-0.39, 0.29) is 19.9 Å². The number of aromatic nitrogens is 1. The average Bonchev–Trinajstić information content (AvgIpc) is 3.26. The molecule has 2 aromatic heterocycles. The van der Waals surface area contributed by atoms with Crippen LogP contribution in [0, 0.1) is 17.0 Å². The van der Waals surface area contributed by atoms with E-state index in [0.29, 0.717) is 11.3 Å². The lowest BCUT2D eigenvalue weighted by molar-refractivity contribution is -0.384. The third-order valence-corrected chi connectivity index (χ3v) is 7.79. The van der Waals surface area contributed by atoms with Crippen molar-refractivity contribution in [3.63, 3.8) is 0 Å². The number of carbonyl (C=O) groups excluding carboxylic acids is 1. The maximum Gasteiger partial charge on any atom is 0.336 e. The normalized spacial score (nSPS) is 11.3. The summed E-state index contributed by atoms with van der Waals surface area (Å²) in [6.45, 7) is 1.38. The maximum atomic E-state index is 12.7. The molecule has 4 aromatic rings. The number of hydrogen-bond acceptors (Lipinski definition) is 10. The Kier molecular flexibility index (Phi) is 6.13. The maximum absolute atomic E-state index is 12.7. The topological polar surface area (TPSA) is 159 Å². The molecule has 4 rings (SSSR count). The van der Waals surface area contributed by atoms with Gasteiger partial charge in [0.25, 0.3) is 11.6 Å². The number of amides is 1. The smallest absolute Gasteiger partial charge is 0.336 e. The molecule has 2 heterocycles. The number of rotatable bonds is 7. The predicted molar refractivity (Wildman–Crippen MR) is 122 cm³/mol. The van der Waals surface area contributed by atoms with Gasteiger partial charge in [0.1, 0.15) is 15.5 Å². The van der Waals surface area contributed by atoms with Crippen molar-refractivity contribution in [2.75, 3.05) is 11.9 Å². The number of nitrogens with zero attached hydrogens (tertiary/aromatic N) is 2. The van der Waals surface area contributed by atoms with Crippen molar-refractivity contribution in [2.45, 2.75) is 16.0 Å². The van der Waals surface area contributed by atoms with Gasteiger partial charge in [0.05, 0.1) is 16.0 Å². The zero-order valence-electron chi connectivity index (χ0n) is 17.4. The van der Waals surface area contributed by atoms with Crippen molar-refractivity contribution < 1.29 is 27.3 Å². The Balaban J connectivity index is 1.42. The molecule has 34 heavy (non-hydrogen) atoms. The number of nitro benzene ring substituents is 1. The molecule has 0 atom stereocenters. The molecule has 0 radical (unpaired) electrons. The Morgan fingerprint density at radius 1 is 1.21 bits per heavy atom. The fourth-order valence-corrected chi connectivity index (χ4v) is 5.45. The molecule has 11 nitrogen and oxygen atoms in total. The van der Waals surface area contributed by atoms with Gasteiger partial charge in [-0.25, -0.2) is 18.2 Å². The summed E-state index contributed by atoms with van der Waals surface area (Å²) in [6.07, 6.45) is 1.09. The number of ether oxygens (including phenoxy) is 1. The molecule has 0 aliphatic rings. The number of carbonyl (C=O) groups is 1. The fraction of sp³-hybridized carbons (Fsp3) is 0.0952. The van der Waals surface area contributed by atoms with E-state index in [1.54, 1.807) is 19.1 Å². The van der Waals surface area contributed by atoms with Crippen molar-refractivity contribution in [3.8, 4) is 5.75 Å². The average molecular weight is 501 g/mol. The van der Waals surface area contributed by atoms with Gasteiger partial charge < -0.3 is 9.15 Å². The first-order chi connectivity index (χ1) is 16.1. The summed E-state index contributed by atoms with van der Waals surface area (Å²) < 4.78 is 35.9. The summed E-state index contributed by atoms with van der Waals surface area (Å²) in [7, 11) is -3.96. The largest absolute Gasteiger partial charge is 0.484 e. The second kappa shape index (κ2) is 9.03. The van der Waals surface area contributed by atoms with Crippen molar-refractivity contribution in [1.29, 1.82) is 0 Å². The van der Waals surface area contributed by atoms with Crippen molar-refractivity contribution in [3.05, 3.63) is 80.8 Å². The Hall–Kier alpha value is -4.10. The van der Waals surface area contributed by atoms with Crippen LogP contribution in [0.15, 0.2) is 73.0 Å². The lowest BCUT2D eigenvalue weighted by atomic mass is 10.1. The van der Waals surface area contributed by atoms with Gasteiger partial charge in [0, 0.05) is 29.7 Å². The lowest BCUT2D eigenvalue weighted by Crippen LogP contribution is -2.20. The van der Waals surface area contributed by atoms with Gasteiger partial charge in [-0.2, -0.15) is 0 Å². The van der Waals surface area contributed by atoms with E-state index in [1.807, 2.05) is 0 Å². The van der Waals surface area contributed by atoms with E-state index in [9.17, 15) is 28.1 Å². The predicted octanol–water partition coefficient (Wildman–Crippen LogP) is 3.32. The highest BCUT2D eigenvalue weighted by molar-refractivity contribution is 7.93. The molecule has 13 heteroatoms. The number of benzene rings is 2. The number of aryl methyl sites for hydroxylation is 1. The molecule has 0 aliphatic heterocycles. The number of thiazole rings is 1. The first-order valence-corrected chi connectivity index (χ1v) is 11.9. The minimum atomic E-state index is -3.96. The van der Waals surface area contributed by atoms with Crippen LogP contribution in [0.4, 0.5) is 10.8 Å². The summed E-state index contributed by atoms with van der Waals surface area (Å²) in [5, 5.41) is 14.0. The molecule has 1 N–H and O–H groups in total. The first kappa shape index (κ1) is 23.1. The minimum Gasteiger partial charge on any atom is -0.484 e. The summed E-state index contributed by atoms with van der Waals surface area (Å²) in [5.41, 5.74) is 0.339. The van der Waals surface area contributed by atoms with Gasteiger partial charge in [-0.15, -0.1) is 0 Å². The Labute approximate surface area is 195 Å². The highest BCUT2D eigenvalue weighted by atomic mass is 32.2. The van der Waals surface area contributed by atoms with Gasteiger partial charge in [-0.05, 0) is 36.8 Å². The van der Waals surface area contributed by atoms with E-state index >= 15 is 0 Å². The molecule has 0 saturated carbocycles. The summed E-state index contributed by atoms with van der Waals surface area (Å²) in [6, 6.07) is 10.6. The van der Waals surface area contributed by atoms with Gasteiger partial charge in [0.15, 0.2) is 11.7 Å². The van der Waals surface area contributed by atoms with E-state index in [2.05, 4.69) is 10.3 Å². The number of fused-ring (bicyclic) bond motifs is 1. The van der Waals surface area contributed by atoms with E-state index in [1.165, 1.54) is 12.1 Å². The van der Waals surface area contributed by atoms with Crippen molar-refractivity contribution in [2.24, 2.45) is 0 Å². The second-order valence-electron chi connectivity index (χ2n) is 6.98. The molecule has 2 aromatic carbocycles. The zero-order chi connectivity index (χ0) is 24.5. The van der Waals surface area contributed by atoms with Crippen LogP contribution >= 0.6 is 11.3 Å². The Morgan fingerprint density at radius 3 is 2.65 bits per heavy atom. The molecule has 0 bridgehead atoms. The minimum absolute atomic E-state index is 0.0363. The van der Waals surface area contributed by atoms with Crippen molar-refractivity contribution in [1.82, 2.24) is 4.98 Å². The van der Waals surface area contributed by atoms with Crippen LogP contribution in [0.3, 0.4) is 0 Å². The lowest BCUT2D eigenvalue weighted by Gasteiger charge is -2.07. The van der Waals surface area contributed by atoms with Gasteiger partial charge in [-0.1, -0.05) is 11.3 Å². The number of nitrogens with one attached hydrogen (secondary N) is 1. The van der Waals surface area contributed by atoms with Crippen LogP contribution in [0.5, 0.6) is 5.75 Å². The van der Waals surface area contributed by atoms with Crippen LogP contribution < -0.4 is 15.7 Å². The molecular formula is C21H15N3O8S2. The monoisotopic (exact) mass is 501 g/mol. The molecule has 0 aliphatic carbocycles. The standard InChI is InChI=1S/C21H15N3O8S2/c1-12-8-19(26)32-17-9-14(4-7-16(12)17)31-11-18(25)23-21-22-10-20(33-21)34(29,30)15-5-2-13(3-6-15)24(27)28/h2-10H,11H2,1H3,(H,22,23,25). The zero-order valence-corrected chi connectivity index (χ0v) is 19.0. The number of hydrogen-bond donors (Lipinski definition) is 1. The molecular weight excluding hydrogens is 486 g/mol. The van der Waals surface area contributed by atoms with E-state index < -0.39 is 32.9 Å². The highest BCUT2D eigenvalue weighted by Crippen LogP contribution is 2.29. The van der Waals surface area contributed by atoms with Gasteiger partial charge in [-0.3, -0.25) is 20.2 Å². The highest BCUT2D eigenvalue weighted by Gasteiger charge is 2.22. The third-order valence-electron chi connectivity index (χ3n) is 4.65.